The van der Waals surface area contributed by atoms with Gasteiger partial charge in [0.25, 0.3) is 0 Å². The van der Waals surface area contributed by atoms with Gasteiger partial charge < -0.3 is 14.9 Å². The van der Waals surface area contributed by atoms with E-state index in [-0.39, 0.29) is 11.7 Å². The van der Waals surface area contributed by atoms with Gasteiger partial charge in [0, 0.05) is 30.8 Å². The Morgan fingerprint density at radius 1 is 1.27 bits per heavy atom. The minimum absolute atomic E-state index is 0.187. The molecular formula is C19H19FN4OS. The third-order valence-electron chi connectivity index (χ3n) is 3.90. The molecule has 0 saturated carbocycles. The second kappa shape index (κ2) is 7.61. The predicted molar refractivity (Wildman–Crippen MR) is 103 cm³/mol. The van der Waals surface area contributed by atoms with E-state index in [2.05, 4.69) is 22.2 Å². The molecule has 0 aliphatic rings. The smallest absolute Gasteiger partial charge is 0.222 e. The standard InChI is InChI=1S/C19H19FN4OS/c1-3-10-24-18(14-8-9-21-16(11-14)22-12(2)25)17(23-19(24)26)13-4-6-15(20)7-5-13/h4-9,11H,3,10H2,1-2H3,(H,23,26)(H,21,22,25). The summed E-state index contributed by atoms with van der Waals surface area (Å²) in [6.45, 7) is 4.25. The molecule has 3 aromatic rings. The summed E-state index contributed by atoms with van der Waals surface area (Å²) in [4.78, 5) is 18.8. The summed E-state index contributed by atoms with van der Waals surface area (Å²) in [5.74, 6) is -0.0122. The van der Waals surface area contributed by atoms with E-state index in [1.54, 1.807) is 24.4 Å². The van der Waals surface area contributed by atoms with E-state index in [0.29, 0.717) is 10.6 Å². The molecule has 3 rings (SSSR count). The van der Waals surface area contributed by atoms with Gasteiger partial charge in [-0.25, -0.2) is 9.37 Å². The van der Waals surface area contributed by atoms with E-state index in [1.807, 2.05) is 10.6 Å². The highest BCUT2D eigenvalue weighted by molar-refractivity contribution is 7.71. The third kappa shape index (κ3) is 3.72. The number of amides is 1. The lowest BCUT2D eigenvalue weighted by Gasteiger charge is -2.11. The summed E-state index contributed by atoms with van der Waals surface area (Å²) in [5.41, 5.74) is 3.39. The van der Waals surface area contributed by atoms with Crippen molar-refractivity contribution >= 4 is 23.9 Å². The van der Waals surface area contributed by atoms with Crippen molar-refractivity contribution in [1.82, 2.24) is 14.5 Å². The van der Waals surface area contributed by atoms with Gasteiger partial charge in [0.2, 0.25) is 5.91 Å². The van der Waals surface area contributed by atoms with E-state index >= 15 is 0 Å². The number of aromatic amines is 1. The van der Waals surface area contributed by atoms with Gasteiger partial charge in [-0.3, -0.25) is 4.79 Å². The van der Waals surface area contributed by atoms with Gasteiger partial charge in [-0.15, -0.1) is 0 Å². The Kier molecular flexibility index (Phi) is 5.27. The van der Waals surface area contributed by atoms with Gasteiger partial charge in [-0.1, -0.05) is 6.92 Å². The molecule has 0 saturated heterocycles. The highest BCUT2D eigenvalue weighted by Crippen LogP contribution is 2.33. The number of nitrogens with one attached hydrogen (secondary N) is 2. The number of imidazole rings is 1. The average molecular weight is 370 g/mol. The second-order valence-corrected chi connectivity index (χ2v) is 6.31. The summed E-state index contributed by atoms with van der Waals surface area (Å²) in [6, 6.07) is 9.93. The molecule has 134 valence electrons. The van der Waals surface area contributed by atoms with Crippen LogP contribution >= 0.6 is 12.2 Å². The molecule has 0 spiro atoms. The predicted octanol–water partition coefficient (Wildman–Crippen LogP) is 4.78. The summed E-state index contributed by atoms with van der Waals surface area (Å²) in [5, 5.41) is 2.69. The van der Waals surface area contributed by atoms with Crippen LogP contribution in [-0.2, 0) is 11.3 Å². The first-order valence-electron chi connectivity index (χ1n) is 8.32. The van der Waals surface area contributed by atoms with E-state index < -0.39 is 0 Å². The Morgan fingerprint density at radius 3 is 2.65 bits per heavy atom. The van der Waals surface area contributed by atoms with Crippen molar-refractivity contribution < 1.29 is 9.18 Å². The largest absolute Gasteiger partial charge is 0.330 e. The Morgan fingerprint density at radius 2 is 2.00 bits per heavy atom. The Labute approximate surface area is 155 Å². The minimum atomic E-state index is -0.293. The zero-order valence-electron chi connectivity index (χ0n) is 14.5. The summed E-state index contributed by atoms with van der Waals surface area (Å²) < 4.78 is 15.9. The van der Waals surface area contributed by atoms with Crippen LogP contribution in [0.15, 0.2) is 42.6 Å². The van der Waals surface area contributed by atoms with Gasteiger partial charge >= 0.3 is 0 Å². The first kappa shape index (κ1) is 18.0. The van der Waals surface area contributed by atoms with Crippen molar-refractivity contribution in [2.45, 2.75) is 26.8 Å². The molecule has 0 unspecified atom stereocenters. The zero-order valence-corrected chi connectivity index (χ0v) is 15.4. The maximum atomic E-state index is 13.3. The van der Waals surface area contributed by atoms with Crippen molar-refractivity contribution in [3.63, 3.8) is 0 Å². The monoisotopic (exact) mass is 370 g/mol. The van der Waals surface area contributed by atoms with Gasteiger partial charge in [0.15, 0.2) is 4.77 Å². The molecule has 0 bridgehead atoms. The fraction of sp³-hybridized carbons (Fsp3) is 0.211. The number of hydrogen-bond acceptors (Lipinski definition) is 3. The molecular weight excluding hydrogens is 351 g/mol. The lowest BCUT2D eigenvalue weighted by molar-refractivity contribution is -0.114. The first-order valence-corrected chi connectivity index (χ1v) is 8.73. The van der Waals surface area contributed by atoms with Gasteiger partial charge in [-0.2, -0.15) is 0 Å². The molecule has 5 nitrogen and oxygen atoms in total. The molecule has 2 N–H and O–H groups in total. The fourth-order valence-corrected chi connectivity index (χ4v) is 3.14. The summed E-state index contributed by atoms with van der Waals surface area (Å²) in [7, 11) is 0. The van der Waals surface area contributed by atoms with Crippen LogP contribution < -0.4 is 5.32 Å². The SMILES string of the molecule is CCCn1c(-c2ccnc(NC(C)=O)c2)c(-c2ccc(F)cc2)[nH]c1=S. The van der Waals surface area contributed by atoms with Crippen molar-refractivity contribution in [3.8, 4) is 22.5 Å². The molecule has 0 radical (unpaired) electrons. The second-order valence-electron chi connectivity index (χ2n) is 5.92. The molecule has 0 atom stereocenters. The van der Waals surface area contributed by atoms with Crippen molar-refractivity contribution in [2.75, 3.05) is 5.32 Å². The molecule has 2 heterocycles. The Bertz CT molecular complexity index is 992. The maximum absolute atomic E-state index is 13.3. The highest BCUT2D eigenvalue weighted by Gasteiger charge is 2.16. The summed E-state index contributed by atoms with van der Waals surface area (Å²) in [6.07, 6.45) is 2.55. The third-order valence-corrected chi connectivity index (χ3v) is 4.22. The quantitative estimate of drug-likeness (QED) is 0.635. The van der Waals surface area contributed by atoms with Crippen molar-refractivity contribution in [2.24, 2.45) is 0 Å². The molecule has 0 aliphatic heterocycles. The van der Waals surface area contributed by atoms with Crippen LogP contribution in [-0.4, -0.2) is 20.4 Å². The van der Waals surface area contributed by atoms with E-state index in [4.69, 9.17) is 12.2 Å². The van der Waals surface area contributed by atoms with Crippen LogP contribution in [0.1, 0.15) is 20.3 Å². The topological polar surface area (TPSA) is 62.7 Å². The zero-order chi connectivity index (χ0) is 18.7. The van der Waals surface area contributed by atoms with Gasteiger partial charge in [-0.05, 0) is 55.0 Å². The molecule has 2 aromatic heterocycles. The van der Waals surface area contributed by atoms with Crippen molar-refractivity contribution in [1.29, 1.82) is 0 Å². The molecule has 0 fully saturated rings. The molecule has 26 heavy (non-hydrogen) atoms. The lowest BCUT2D eigenvalue weighted by atomic mass is 10.1. The van der Waals surface area contributed by atoms with E-state index in [0.717, 1.165) is 35.5 Å². The number of nitrogens with zero attached hydrogens (tertiary/aromatic N) is 2. The lowest BCUT2D eigenvalue weighted by Crippen LogP contribution is -2.07. The molecule has 7 heteroatoms. The number of hydrogen-bond donors (Lipinski definition) is 2. The van der Waals surface area contributed by atoms with E-state index in [9.17, 15) is 9.18 Å². The Hall–Kier alpha value is -2.80. The van der Waals surface area contributed by atoms with Crippen LogP contribution in [0.3, 0.4) is 0 Å². The van der Waals surface area contributed by atoms with Crippen LogP contribution in [0.2, 0.25) is 0 Å². The van der Waals surface area contributed by atoms with Crippen LogP contribution in [0.4, 0.5) is 10.2 Å². The maximum Gasteiger partial charge on any atom is 0.222 e. The highest BCUT2D eigenvalue weighted by atomic mass is 32.1. The summed E-state index contributed by atoms with van der Waals surface area (Å²) >= 11 is 5.50. The van der Waals surface area contributed by atoms with Crippen LogP contribution in [0, 0.1) is 10.6 Å². The van der Waals surface area contributed by atoms with Crippen LogP contribution in [0.5, 0.6) is 0 Å². The number of carbonyl (C=O) groups is 1. The number of rotatable bonds is 5. The number of pyridine rings is 1. The number of anilines is 1. The van der Waals surface area contributed by atoms with Gasteiger partial charge in [0.05, 0.1) is 11.4 Å². The minimum Gasteiger partial charge on any atom is -0.330 e. The number of benzene rings is 1. The Balaban J connectivity index is 2.20. The van der Waals surface area contributed by atoms with E-state index in [1.165, 1.54) is 19.1 Å². The average Bonchev–Trinajstić information content (AvgIpc) is 2.92. The molecule has 0 aliphatic carbocycles. The van der Waals surface area contributed by atoms with Crippen LogP contribution in [0.25, 0.3) is 22.5 Å². The number of H-pyrrole nitrogens is 1. The number of halogens is 1. The number of carbonyl (C=O) groups excluding carboxylic acids is 1. The normalized spacial score (nSPS) is 10.7. The number of aromatic nitrogens is 3. The molecule has 1 amide bonds. The molecule has 1 aromatic carbocycles. The fourth-order valence-electron chi connectivity index (χ4n) is 2.86. The first-order chi connectivity index (χ1) is 12.5. The van der Waals surface area contributed by atoms with Gasteiger partial charge in [0.1, 0.15) is 11.6 Å². The van der Waals surface area contributed by atoms with Crippen molar-refractivity contribution in [3.05, 3.63) is 53.2 Å².